The van der Waals surface area contributed by atoms with Crippen molar-refractivity contribution in [3.8, 4) is 0 Å². The van der Waals surface area contributed by atoms with E-state index < -0.39 is 22.8 Å². The molecule has 8 heteroatoms. The van der Waals surface area contributed by atoms with Gasteiger partial charge < -0.3 is 15.2 Å². The first-order valence-corrected chi connectivity index (χ1v) is 8.89. The Morgan fingerprint density at radius 2 is 1.93 bits per heavy atom. The summed E-state index contributed by atoms with van der Waals surface area (Å²) in [5.41, 5.74) is 0.971. The van der Waals surface area contributed by atoms with Gasteiger partial charge in [-0.3, -0.25) is 10.1 Å². The summed E-state index contributed by atoms with van der Waals surface area (Å²) in [6, 6.07) is 5.61. The van der Waals surface area contributed by atoms with Crippen molar-refractivity contribution in [2.45, 2.75) is 26.7 Å². The molecule has 0 bridgehead atoms. The van der Waals surface area contributed by atoms with E-state index in [1.807, 2.05) is 13.0 Å². The Morgan fingerprint density at radius 1 is 1.24 bits per heavy atom. The van der Waals surface area contributed by atoms with E-state index in [1.165, 1.54) is 18.2 Å². The number of dihydropyridines is 1. The molecule has 1 unspecified atom stereocenters. The van der Waals surface area contributed by atoms with Gasteiger partial charge in [-0.05, 0) is 32.4 Å². The van der Waals surface area contributed by atoms with Crippen molar-refractivity contribution < 1.29 is 24.4 Å². The zero-order valence-electron chi connectivity index (χ0n) is 16.3. The minimum absolute atomic E-state index is 0.00666. The number of esters is 1. The Kier molecular flexibility index (Phi) is 7.08. The van der Waals surface area contributed by atoms with Crippen molar-refractivity contribution in [2.24, 2.45) is 0 Å². The molecule has 1 heterocycles. The van der Waals surface area contributed by atoms with Gasteiger partial charge in [-0.15, -0.1) is 0 Å². The first-order chi connectivity index (χ1) is 13.8. The molecule has 29 heavy (non-hydrogen) atoms. The molecular weight excluding hydrogens is 376 g/mol. The second kappa shape index (κ2) is 9.50. The van der Waals surface area contributed by atoms with Crippen LogP contribution in [0.3, 0.4) is 0 Å². The molecule has 0 amide bonds. The van der Waals surface area contributed by atoms with Gasteiger partial charge in [0.05, 0.1) is 22.0 Å². The molecule has 0 aliphatic carbocycles. The Morgan fingerprint density at radius 3 is 2.55 bits per heavy atom. The maximum Gasteiger partial charge on any atom is 0.337 e. The Hall–Kier alpha value is -3.68. The number of carboxylic acids is 1. The molecule has 0 aromatic heterocycles. The molecule has 0 saturated heterocycles. The van der Waals surface area contributed by atoms with Crippen LogP contribution in [-0.4, -0.2) is 28.6 Å². The number of nitro benzene ring substituents is 1. The molecule has 2 rings (SSSR count). The van der Waals surface area contributed by atoms with Gasteiger partial charge in [0, 0.05) is 23.5 Å². The van der Waals surface area contributed by atoms with E-state index in [-0.39, 0.29) is 23.4 Å². The average Bonchev–Trinajstić information content (AvgIpc) is 2.66. The second-order valence-corrected chi connectivity index (χ2v) is 6.35. The lowest BCUT2D eigenvalue weighted by Crippen LogP contribution is -2.31. The van der Waals surface area contributed by atoms with Crippen LogP contribution in [0, 0.1) is 10.1 Å². The highest BCUT2D eigenvalue weighted by molar-refractivity contribution is 5.99. The van der Waals surface area contributed by atoms with Crippen molar-refractivity contribution in [3.05, 3.63) is 86.8 Å². The van der Waals surface area contributed by atoms with E-state index in [1.54, 1.807) is 38.1 Å². The Labute approximate surface area is 168 Å². The molecule has 0 saturated carbocycles. The van der Waals surface area contributed by atoms with E-state index >= 15 is 0 Å². The molecular formula is C21H22N2O6. The fraction of sp³-hybridized carbons (Fsp3) is 0.238. The van der Waals surface area contributed by atoms with Gasteiger partial charge in [0.15, 0.2) is 0 Å². The van der Waals surface area contributed by atoms with Gasteiger partial charge >= 0.3 is 11.9 Å². The fourth-order valence-corrected chi connectivity index (χ4v) is 3.15. The average molecular weight is 398 g/mol. The first-order valence-electron chi connectivity index (χ1n) is 8.89. The maximum absolute atomic E-state index is 12.8. The van der Waals surface area contributed by atoms with Crippen LogP contribution in [0.4, 0.5) is 5.69 Å². The highest BCUT2D eigenvalue weighted by atomic mass is 16.6. The first kappa shape index (κ1) is 21.6. The van der Waals surface area contributed by atoms with Crippen LogP contribution in [0.1, 0.15) is 32.3 Å². The minimum atomic E-state index is -1.22. The van der Waals surface area contributed by atoms with Crippen molar-refractivity contribution in [1.29, 1.82) is 0 Å². The third-order valence-electron chi connectivity index (χ3n) is 4.38. The van der Waals surface area contributed by atoms with E-state index in [2.05, 4.69) is 5.32 Å². The summed E-state index contributed by atoms with van der Waals surface area (Å²) >= 11 is 0. The highest BCUT2D eigenvalue weighted by Crippen LogP contribution is 2.39. The molecule has 152 valence electrons. The minimum Gasteiger partial charge on any atom is -0.478 e. The molecule has 0 spiro atoms. The van der Waals surface area contributed by atoms with Crippen LogP contribution in [-0.2, 0) is 14.3 Å². The number of hydrogen-bond donors (Lipinski definition) is 2. The largest absolute Gasteiger partial charge is 0.478 e. The van der Waals surface area contributed by atoms with Gasteiger partial charge in [-0.25, -0.2) is 9.59 Å². The van der Waals surface area contributed by atoms with Crippen molar-refractivity contribution >= 4 is 17.6 Å². The van der Waals surface area contributed by atoms with Crippen LogP contribution in [0.25, 0.3) is 0 Å². The number of non-ortho nitro benzene ring substituents is 1. The summed E-state index contributed by atoms with van der Waals surface area (Å²) in [6.07, 6.45) is 6.96. The molecule has 0 radical (unpaired) electrons. The number of allylic oxidation sites excluding steroid dienone is 5. The van der Waals surface area contributed by atoms with E-state index in [4.69, 9.17) is 4.74 Å². The molecule has 1 aromatic rings. The topological polar surface area (TPSA) is 119 Å². The van der Waals surface area contributed by atoms with Crippen LogP contribution in [0.15, 0.2) is 71.1 Å². The molecule has 1 aliphatic heterocycles. The predicted molar refractivity (Wildman–Crippen MR) is 107 cm³/mol. The number of nitro groups is 1. The smallest absolute Gasteiger partial charge is 0.337 e. The zero-order chi connectivity index (χ0) is 21.6. The number of hydrogen-bond acceptors (Lipinski definition) is 6. The number of ether oxygens (including phenoxy) is 1. The van der Waals surface area contributed by atoms with Crippen molar-refractivity contribution in [3.63, 3.8) is 0 Å². The lowest BCUT2D eigenvalue weighted by molar-refractivity contribution is -0.384. The summed E-state index contributed by atoms with van der Waals surface area (Å²) in [4.78, 5) is 35.4. The van der Waals surface area contributed by atoms with Gasteiger partial charge in [-0.1, -0.05) is 30.4 Å². The molecule has 1 aromatic carbocycles. The monoisotopic (exact) mass is 398 g/mol. The normalized spacial score (nSPS) is 17.0. The number of carboxylic acid groups (broad SMARTS) is 1. The maximum atomic E-state index is 12.8. The SMILES string of the molecule is C/C=C/C=C/COC(=O)C1=C(C)NC(C)=C(C(=O)O)C1c1cccc([N+](=O)[O-])c1. The van der Waals surface area contributed by atoms with Crippen LogP contribution in [0.5, 0.6) is 0 Å². The molecule has 2 N–H and O–H groups in total. The number of nitrogens with one attached hydrogen (secondary N) is 1. The van der Waals surface area contributed by atoms with Gasteiger partial charge in [-0.2, -0.15) is 0 Å². The lowest BCUT2D eigenvalue weighted by atomic mass is 9.80. The summed E-state index contributed by atoms with van der Waals surface area (Å²) < 4.78 is 5.28. The lowest BCUT2D eigenvalue weighted by Gasteiger charge is -2.29. The van der Waals surface area contributed by atoms with Gasteiger partial charge in [0.25, 0.3) is 5.69 Å². The number of rotatable bonds is 7. The summed E-state index contributed by atoms with van der Waals surface area (Å²) in [5.74, 6) is -2.92. The second-order valence-electron chi connectivity index (χ2n) is 6.35. The highest BCUT2D eigenvalue weighted by Gasteiger charge is 2.37. The van der Waals surface area contributed by atoms with Crippen LogP contribution < -0.4 is 5.32 Å². The van der Waals surface area contributed by atoms with E-state index in [9.17, 15) is 24.8 Å². The molecule has 0 fully saturated rings. The molecule has 1 atom stereocenters. The summed E-state index contributed by atoms with van der Waals surface area (Å²) in [6.45, 7) is 5.08. The summed E-state index contributed by atoms with van der Waals surface area (Å²) in [5, 5.41) is 23.8. The number of carbonyl (C=O) groups excluding carboxylic acids is 1. The number of aliphatic carboxylic acids is 1. The van der Waals surface area contributed by atoms with E-state index in [0.717, 1.165) is 0 Å². The van der Waals surface area contributed by atoms with Crippen LogP contribution in [0.2, 0.25) is 0 Å². The third-order valence-corrected chi connectivity index (χ3v) is 4.38. The standard InChI is InChI=1S/C21H22N2O6/c1-4-5-6-7-11-29-21(26)18-14(3)22-13(2)17(20(24)25)19(18)15-9-8-10-16(12-15)23(27)28/h4-10,12,19,22H,11H2,1-3H3,(H,24,25)/b5-4+,7-6+. The number of carbonyl (C=O) groups is 2. The molecule has 1 aliphatic rings. The van der Waals surface area contributed by atoms with Crippen molar-refractivity contribution in [2.75, 3.05) is 6.61 Å². The zero-order valence-corrected chi connectivity index (χ0v) is 16.3. The number of benzene rings is 1. The summed E-state index contributed by atoms with van der Waals surface area (Å²) in [7, 11) is 0. The quantitative estimate of drug-likeness (QED) is 0.312. The predicted octanol–water partition coefficient (Wildman–Crippen LogP) is 3.59. The van der Waals surface area contributed by atoms with Gasteiger partial charge in [0.1, 0.15) is 6.61 Å². The van der Waals surface area contributed by atoms with E-state index in [0.29, 0.717) is 17.0 Å². The third kappa shape index (κ3) is 4.98. The van der Waals surface area contributed by atoms with Crippen LogP contribution >= 0.6 is 0 Å². The molecule has 8 nitrogen and oxygen atoms in total. The number of nitrogens with zero attached hydrogens (tertiary/aromatic N) is 1. The fourth-order valence-electron chi connectivity index (χ4n) is 3.15. The Balaban J connectivity index is 2.50. The Bertz CT molecular complexity index is 956. The van der Waals surface area contributed by atoms with Crippen molar-refractivity contribution in [1.82, 2.24) is 5.32 Å². The van der Waals surface area contributed by atoms with Gasteiger partial charge in [0.2, 0.25) is 0 Å².